The van der Waals surface area contributed by atoms with Crippen LogP contribution in [0.4, 0.5) is 5.95 Å². The number of carbonyl (C=O) groups excluding carboxylic acids is 3. The largest absolute Gasteiger partial charge is 0.497 e. The van der Waals surface area contributed by atoms with Gasteiger partial charge in [-0.15, -0.1) is 0 Å². The number of hydrogen-bond acceptors (Lipinski definition) is 9. The van der Waals surface area contributed by atoms with Crippen molar-refractivity contribution >= 4 is 34.8 Å². The van der Waals surface area contributed by atoms with E-state index in [1.165, 1.54) is 7.11 Å². The van der Waals surface area contributed by atoms with E-state index in [9.17, 15) is 14.4 Å². The molecule has 0 unspecified atom stereocenters. The normalized spacial score (nSPS) is 19.1. The molecule has 180 valence electrons. The molecule has 3 N–H and O–H groups in total. The highest BCUT2D eigenvalue weighted by molar-refractivity contribution is 6.10. The van der Waals surface area contributed by atoms with Gasteiger partial charge in [0.2, 0.25) is 17.8 Å². The number of aromatic nitrogens is 3. The van der Waals surface area contributed by atoms with Gasteiger partial charge in [-0.2, -0.15) is 0 Å². The van der Waals surface area contributed by atoms with Crippen LogP contribution in [-0.2, 0) is 21.5 Å². The molecule has 11 nitrogen and oxygen atoms in total. The molecule has 11 heteroatoms. The van der Waals surface area contributed by atoms with Crippen LogP contribution in [0.3, 0.4) is 0 Å². The molecule has 0 bridgehead atoms. The third kappa shape index (κ3) is 3.35. The molecule has 1 aromatic carbocycles. The first-order valence-electron chi connectivity index (χ1n) is 11.2. The van der Waals surface area contributed by atoms with E-state index in [4.69, 9.17) is 14.9 Å². The molecule has 0 saturated carbocycles. The molecule has 1 saturated heterocycles. The zero-order chi connectivity index (χ0) is 25.0. The number of hydrogen-bond donors (Lipinski definition) is 2. The van der Waals surface area contributed by atoms with Crippen LogP contribution in [-0.4, -0.2) is 51.2 Å². The topological polar surface area (TPSA) is 154 Å². The zero-order valence-corrected chi connectivity index (χ0v) is 19.1. The van der Waals surface area contributed by atoms with Crippen molar-refractivity contribution in [2.75, 3.05) is 19.4 Å². The molecule has 3 amide bonds. The van der Waals surface area contributed by atoms with Crippen LogP contribution in [0.5, 0.6) is 5.75 Å². The Labute approximate surface area is 204 Å². The van der Waals surface area contributed by atoms with Crippen molar-refractivity contribution < 1.29 is 23.5 Å². The summed E-state index contributed by atoms with van der Waals surface area (Å²) in [4.78, 5) is 52.9. The zero-order valence-electron chi connectivity index (χ0n) is 19.1. The van der Waals surface area contributed by atoms with Gasteiger partial charge in [0.1, 0.15) is 22.4 Å². The molecule has 5 heterocycles. The fourth-order valence-corrected chi connectivity index (χ4v) is 4.76. The molecule has 36 heavy (non-hydrogen) atoms. The molecule has 0 spiro atoms. The van der Waals surface area contributed by atoms with E-state index in [2.05, 4.69) is 20.3 Å². The lowest BCUT2D eigenvalue weighted by Gasteiger charge is -2.28. The summed E-state index contributed by atoms with van der Waals surface area (Å²) in [7, 11) is 1.53. The predicted octanol–water partition coefficient (Wildman–Crippen LogP) is 1.82. The average molecular weight is 484 g/mol. The van der Waals surface area contributed by atoms with Crippen LogP contribution in [0.25, 0.3) is 22.4 Å². The van der Waals surface area contributed by atoms with Crippen molar-refractivity contribution in [2.45, 2.75) is 18.4 Å². The first-order valence-corrected chi connectivity index (χ1v) is 11.2. The smallest absolute Gasteiger partial charge is 0.254 e. The summed E-state index contributed by atoms with van der Waals surface area (Å²) in [5.74, 6) is -0.200. The fraction of sp³-hybridized carbons (Fsp3) is 0.200. The summed E-state index contributed by atoms with van der Waals surface area (Å²) >= 11 is 0. The molecule has 0 aliphatic carbocycles. The molecule has 2 aliphatic heterocycles. The number of nitrogens with zero attached hydrogens (tertiary/aromatic N) is 4. The van der Waals surface area contributed by atoms with Gasteiger partial charge < -0.3 is 19.8 Å². The van der Waals surface area contributed by atoms with Gasteiger partial charge in [0.25, 0.3) is 5.91 Å². The van der Waals surface area contributed by atoms with Gasteiger partial charge in [0.05, 0.1) is 19.2 Å². The van der Waals surface area contributed by atoms with Gasteiger partial charge in [0.15, 0.2) is 5.58 Å². The number of nitrogens with one attached hydrogen (secondary N) is 1. The highest BCUT2D eigenvalue weighted by Gasteiger charge is 2.53. The Hall–Kier alpha value is -4.80. The summed E-state index contributed by atoms with van der Waals surface area (Å²) < 4.78 is 11.3. The second kappa shape index (κ2) is 7.87. The summed E-state index contributed by atoms with van der Waals surface area (Å²) in [5, 5.41) is 2.38. The van der Waals surface area contributed by atoms with E-state index in [1.807, 2.05) is 6.07 Å². The van der Waals surface area contributed by atoms with Crippen LogP contribution in [0, 0.1) is 0 Å². The maximum atomic E-state index is 13.2. The van der Waals surface area contributed by atoms with E-state index >= 15 is 0 Å². The Morgan fingerprint density at radius 3 is 2.67 bits per heavy atom. The van der Waals surface area contributed by atoms with Gasteiger partial charge in [-0.3, -0.25) is 19.7 Å². The number of ether oxygens (including phenoxy) is 1. The monoisotopic (exact) mass is 484 g/mol. The molecule has 6 rings (SSSR count). The maximum Gasteiger partial charge on any atom is 0.254 e. The Balaban J connectivity index is 1.38. The Morgan fingerprint density at radius 1 is 1.14 bits per heavy atom. The number of rotatable bonds is 5. The summed E-state index contributed by atoms with van der Waals surface area (Å²) in [5.41, 5.74) is 7.70. The molecule has 4 aromatic rings. The highest BCUT2D eigenvalue weighted by atomic mass is 16.5. The van der Waals surface area contributed by atoms with Crippen LogP contribution in [0.15, 0.2) is 53.2 Å². The lowest BCUT2D eigenvalue weighted by Crippen LogP contribution is -2.46. The van der Waals surface area contributed by atoms with E-state index in [1.54, 1.807) is 47.6 Å². The number of benzene rings is 1. The van der Waals surface area contributed by atoms with Crippen LogP contribution < -0.4 is 15.8 Å². The van der Waals surface area contributed by atoms with E-state index in [-0.39, 0.29) is 30.6 Å². The number of furan rings is 1. The first kappa shape index (κ1) is 21.7. The minimum absolute atomic E-state index is 0.0289. The second-order valence-electron chi connectivity index (χ2n) is 8.84. The van der Waals surface area contributed by atoms with Crippen molar-refractivity contribution in [3.8, 4) is 17.0 Å². The minimum atomic E-state index is -1.38. The number of fused-ring (bicyclic) bond motifs is 2. The predicted molar refractivity (Wildman–Crippen MR) is 127 cm³/mol. The standard InChI is InChI=1S/C25H20N6O5/c1-35-15-3-2-13-11-31(22(33)16(13)6-15)12-25(8-21(32)30-23(25)34)20-7-18-19(36-20)5-4-17(29-18)14-9-27-24(26)28-10-14/h2-7,9-10H,8,11-12H2,1H3,(H2,26,27,28)(H,30,32,34)/t25-/m1/s1. The lowest BCUT2D eigenvalue weighted by molar-refractivity contribution is -0.127. The number of nitrogen functional groups attached to an aromatic ring is 1. The van der Waals surface area contributed by atoms with Gasteiger partial charge in [-0.1, -0.05) is 6.07 Å². The van der Waals surface area contributed by atoms with Gasteiger partial charge in [0, 0.05) is 42.7 Å². The van der Waals surface area contributed by atoms with Crippen molar-refractivity contribution in [2.24, 2.45) is 0 Å². The highest BCUT2D eigenvalue weighted by Crippen LogP contribution is 2.39. The van der Waals surface area contributed by atoms with Crippen molar-refractivity contribution in [3.05, 3.63) is 65.7 Å². The molecular formula is C25H20N6O5. The van der Waals surface area contributed by atoms with E-state index < -0.39 is 17.2 Å². The number of carbonyl (C=O) groups is 3. The molecule has 2 aliphatic rings. The Bertz CT molecular complexity index is 1560. The fourth-order valence-electron chi connectivity index (χ4n) is 4.76. The van der Waals surface area contributed by atoms with Crippen molar-refractivity contribution in [3.63, 3.8) is 0 Å². The van der Waals surface area contributed by atoms with Gasteiger partial charge >= 0.3 is 0 Å². The third-order valence-corrected chi connectivity index (χ3v) is 6.62. The van der Waals surface area contributed by atoms with Gasteiger partial charge in [-0.05, 0) is 29.8 Å². The van der Waals surface area contributed by atoms with Crippen molar-refractivity contribution in [1.29, 1.82) is 0 Å². The number of anilines is 1. The number of pyridine rings is 1. The number of nitrogens with two attached hydrogens (primary N) is 1. The number of imide groups is 1. The van der Waals surface area contributed by atoms with Crippen molar-refractivity contribution in [1.82, 2.24) is 25.2 Å². The third-order valence-electron chi connectivity index (χ3n) is 6.62. The van der Waals surface area contributed by atoms with Crippen LogP contribution in [0.1, 0.15) is 28.1 Å². The first-order chi connectivity index (χ1) is 17.4. The Morgan fingerprint density at radius 2 is 1.94 bits per heavy atom. The minimum Gasteiger partial charge on any atom is -0.497 e. The molecule has 3 aromatic heterocycles. The van der Waals surface area contributed by atoms with Crippen LogP contribution in [0.2, 0.25) is 0 Å². The molecular weight excluding hydrogens is 464 g/mol. The van der Waals surface area contributed by atoms with E-state index in [0.717, 1.165) is 5.56 Å². The molecule has 1 atom stereocenters. The summed E-state index contributed by atoms with van der Waals surface area (Å²) in [6.45, 7) is 0.278. The van der Waals surface area contributed by atoms with Gasteiger partial charge in [-0.25, -0.2) is 15.0 Å². The molecule has 1 fully saturated rings. The molecule has 0 radical (unpaired) electrons. The van der Waals surface area contributed by atoms with Crippen LogP contribution >= 0.6 is 0 Å². The van der Waals surface area contributed by atoms with E-state index in [0.29, 0.717) is 40.2 Å². The summed E-state index contributed by atoms with van der Waals surface area (Å²) in [6.07, 6.45) is 2.98. The Kier molecular flexibility index (Phi) is 4.75. The maximum absolute atomic E-state index is 13.2. The lowest BCUT2D eigenvalue weighted by atomic mass is 9.82. The quantitative estimate of drug-likeness (QED) is 0.404. The number of amides is 3. The second-order valence-corrected chi connectivity index (χ2v) is 8.84. The SMILES string of the molecule is COc1ccc2c(c1)C(=O)N(C[C@@]1(c3cc4nc(-c5cnc(N)nc5)ccc4o3)CC(=O)NC1=O)C2. The average Bonchev–Trinajstić information content (AvgIpc) is 3.53. The summed E-state index contributed by atoms with van der Waals surface area (Å²) in [6, 6.07) is 10.4. The number of methoxy groups -OCH3 is 1.